The first-order valence-corrected chi connectivity index (χ1v) is 9.18. The molecule has 1 aliphatic rings. The zero-order chi connectivity index (χ0) is 20.9. The van der Waals surface area contributed by atoms with Gasteiger partial charge < -0.3 is 19.2 Å². The summed E-state index contributed by atoms with van der Waals surface area (Å²) in [6.07, 6.45) is 2.52. The highest BCUT2D eigenvalue weighted by atomic mass is 19.1. The highest BCUT2D eigenvalue weighted by molar-refractivity contribution is 5.89. The Morgan fingerprint density at radius 3 is 2.90 bits per heavy atom. The fourth-order valence-electron chi connectivity index (χ4n) is 2.95. The molecule has 0 unspecified atom stereocenters. The molecule has 30 heavy (non-hydrogen) atoms. The number of hydrogen-bond acceptors (Lipinski definition) is 8. The van der Waals surface area contributed by atoms with Crippen molar-refractivity contribution < 1.29 is 23.4 Å². The number of aromatic carboxylic acids is 1. The number of morpholine rings is 1. The van der Waals surface area contributed by atoms with Crippen LogP contribution in [0, 0.1) is 5.82 Å². The van der Waals surface area contributed by atoms with E-state index in [1.165, 1.54) is 18.3 Å². The van der Waals surface area contributed by atoms with Crippen LogP contribution in [0.4, 0.5) is 16.2 Å². The van der Waals surface area contributed by atoms with Crippen molar-refractivity contribution in [1.82, 2.24) is 9.97 Å². The average Bonchev–Trinajstić information content (AvgIpc) is 3.24. The number of aromatic nitrogens is 2. The molecular weight excluding hydrogens is 393 g/mol. The number of anilines is 2. The summed E-state index contributed by atoms with van der Waals surface area (Å²) in [4.78, 5) is 21.0. The number of hydrogen-bond donors (Lipinski definition) is 2. The first-order valence-electron chi connectivity index (χ1n) is 9.18. The van der Waals surface area contributed by atoms with E-state index >= 15 is 0 Å². The van der Waals surface area contributed by atoms with E-state index in [9.17, 15) is 9.18 Å². The molecule has 1 aliphatic heterocycles. The molecule has 0 saturated carbocycles. The van der Waals surface area contributed by atoms with Gasteiger partial charge in [0.1, 0.15) is 11.5 Å². The molecule has 0 aliphatic carbocycles. The number of benzene rings is 1. The van der Waals surface area contributed by atoms with Gasteiger partial charge in [0.15, 0.2) is 11.6 Å². The van der Waals surface area contributed by atoms with E-state index in [4.69, 9.17) is 14.3 Å². The van der Waals surface area contributed by atoms with Gasteiger partial charge in [-0.05, 0) is 24.3 Å². The van der Waals surface area contributed by atoms with Crippen LogP contribution >= 0.6 is 0 Å². The van der Waals surface area contributed by atoms with Crippen molar-refractivity contribution in [2.75, 3.05) is 36.6 Å². The maximum Gasteiger partial charge on any atom is 0.335 e. The molecule has 0 bridgehead atoms. The molecule has 1 fully saturated rings. The van der Waals surface area contributed by atoms with Gasteiger partial charge in [0.25, 0.3) is 0 Å². The Morgan fingerprint density at radius 2 is 2.10 bits per heavy atom. The maximum atomic E-state index is 14.1. The second-order valence-electron chi connectivity index (χ2n) is 6.42. The van der Waals surface area contributed by atoms with E-state index in [1.54, 1.807) is 29.2 Å². The molecule has 2 aromatic heterocycles. The lowest BCUT2D eigenvalue weighted by Crippen LogP contribution is -2.37. The number of ether oxygens (including phenoxy) is 1. The summed E-state index contributed by atoms with van der Waals surface area (Å²) in [5.74, 6) is -0.226. The summed E-state index contributed by atoms with van der Waals surface area (Å²) in [5, 5.41) is 13.1. The number of rotatable bonds is 6. The number of nitrogens with one attached hydrogen (secondary N) is 1. The Morgan fingerprint density at radius 1 is 1.27 bits per heavy atom. The Labute approximate surface area is 170 Å². The molecule has 4 rings (SSSR count). The lowest BCUT2D eigenvalue weighted by Gasteiger charge is -2.27. The van der Waals surface area contributed by atoms with E-state index < -0.39 is 11.8 Å². The molecule has 1 saturated heterocycles. The summed E-state index contributed by atoms with van der Waals surface area (Å²) in [6.45, 7) is 2.13. The predicted molar refractivity (Wildman–Crippen MR) is 107 cm³/mol. The van der Waals surface area contributed by atoms with E-state index in [1.807, 2.05) is 0 Å². The SMILES string of the molecule is O=C(O)c1cccc(-c2ccc(C=NNc3ncc(F)c(N4CCOCC4)n3)o2)c1. The van der Waals surface area contributed by atoms with Crippen molar-refractivity contribution in [3.63, 3.8) is 0 Å². The lowest BCUT2D eigenvalue weighted by atomic mass is 10.1. The molecule has 3 aromatic rings. The molecular formula is C20H18FN5O4. The molecule has 154 valence electrons. The molecule has 2 N–H and O–H groups in total. The highest BCUT2D eigenvalue weighted by Crippen LogP contribution is 2.23. The lowest BCUT2D eigenvalue weighted by molar-refractivity contribution is 0.0697. The molecule has 0 radical (unpaired) electrons. The first kappa shape index (κ1) is 19.5. The fourth-order valence-corrected chi connectivity index (χ4v) is 2.95. The van der Waals surface area contributed by atoms with Crippen LogP contribution in [-0.4, -0.2) is 53.6 Å². The molecule has 0 atom stereocenters. The highest BCUT2D eigenvalue weighted by Gasteiger charge is 2.17. The summed E-state index contributed by atoms with van der Waals surface area (Å²) >= 11 is 0. The van der Waals surface area contributed by atoms with Crippen LogP contribution in [0.25, 0.3) is 11.3 Å². The Hall–Kier alpha value is -3.79. The average molecular weight is 411 g/mol. The third kappa shape index (κ3) is 4.44. The topological polar surface area (TPSA) is 113 Å². The normalized spacial score (nSPS) is 14.2. The molecule has 0 spiro atoms. The molecule has 3 heterocycles. The van der Waals surface area contributed by atoms with Crippen LogP contribution in [0.5, 0.6) is 0 Å². The smallest absolute Gasteiger partial charge is 0.335 e. The minimum absolute atomic E-state index is 0.148. The van der Waals surface area contributed by atoms with Crippen molar-refractivity contribution >= 4 is 24.0 Å². The Balaban J connectivity index is 1.44. The van der Waals surface area contributed by atoms with Gasteiger partial charge in [0, 0.05) is 18.7 Å². The maximum absolute atomic E-state index is 14.1. The summed E-state index contributed by atoms with van der Waals surface area (Å²) < 4.78 is 25.0. The fraction of sp³-hybridized carbons (Fsp3) is 0.200. The number of carboxylic acid groups (broad SMARTS) is 1. The Bertz CT molecular complexity index is 1080. The number of furan rings is 1. The number of nitrogens with zero attached hydrogens (tertiary/aromatic N) is 4. The van der Waals surface area contributed by atoms with Gasteiger partial charge in [-0.15, -0.1) is 0 Å². The third-order valence-corrected chi connectivity index (χ3v) is 4.41. The zero-order valence-corrected chi connectivity index (χ0v) is 15.8. The van der Waals surface area contributed by atoms with Gasteiger partial charge in [0.2, 0.25) is 5.95 Å². The summed E-state index contributed by atoms with van der Waals surface area (Å²) in [6, 6.07) is 9.85. The van der Waals surface area contributed by atoms with Crippen LogP contribution in [-0.2, 0) is 4.74 Å². The molecule has 1 aromatic carbocycles. The van der Waals surface area contributed by atoms with Gasteiger partial charge in [0.05, 0.1) is 31.2 Å². The van der Waals surface area contributed by atoms with Crippen LogP contribution in [0.15, 0.2) is 52.1 Å². The monoisotopic (exact) mass is 411 g/mol. The second-order valence-corrected chi connectivity index (χ2v) is 6.42. The van der Waals surface area contributed by atoms with E-state index in [2.05, 4.69) is 20.5 Å². The van der Waals surface area contributed by atoms with Crippen molar-refractivity contribution in [1.29, 1.82) is 0 Å². The summed E-state index contributed by atoms with van der Waals surface area (Å²) in [5.41, 5.74) is 3.47. The van der Waals surface area contributed by atoms with Crippen LogP contribution < -0.4 is 10.3 Å². The van der Waals surface area contributed by atoms with Gasteiger partial charge in [-0.1, -0.05) is 12.1 Å². The minimum atomic E-state index is -1.01. The number of carbonyl (C=O) groups is 1. The third-order valence-electron chi connectivity index (χ3n) is 4.41. The summed E-state index contributed by atoms with van der Waals surface area (Å²) in [7, 11) is 0. The van der Waals surface area contributed by atoms with Gasteiger partial charge in [-0.3, -0.25) is 0 Å². The van der Waals surface area contributed by atoms with Crippen molar-refractivity contribution in [2.45, 2.75) is 0 Å². The van der Waals surface area contributed by atoms with Crippen LogP contribution in [0.3, 0.4) is 0 Å². The Kier molecular flexibility index (Phi) is 5.66. The predicted octanol–water partition coefficient (Wildman–Crippen LogP) is 2.86. The van der Waals surface area contributed by atoms with E-state index in [-0.39, 0.29) is 17.3 Å². The van der Waals surface area contributed by atoms with E-state index in [0.29, 0.717) is 43.4 Å². The molecule has 9 nitrogen and oxygen atoms in total. The molecule has 0 amide bonds. The largest absolute Gasteiger partial charge is 0.478 e. The van der Waals surface area contributed by atoms with Crippen molar-refractivity contribution in [3.8, 4) is 11.3 Å². The minimum Gasteiger partial charge on any atom is -0.478 e. The van der Waals surface area contributed by atoms with Crippen LogP contribution in [0.1, 0.15) is 16.1 Å². The number of halogens is 1. The number of carboxylic acids is 1. The zero-order valence-electron chi connectivity index (χ0n) is 15.8. The molecule has 10 heteroatoms. The van der Waals surface area contributed by atoms with Crippen LogP contribution in [0.2, 0.25) is 0 Å². The van der Waals surface area contributed by atoms with Gasteiger partial charge in [-0.25, -0.2) is 19.6 Å². The van der Waals surface area contributed by atoms with Gasteiger partial charge >= 0.3 is 5.97 Å². The second kappa shape index (κ2) is 8.70. The first-order chi connectivity index (χ1) is 14.6. The van der Waals surface area contributed by atoms with Crippen molar-refractivity contribution in [2.24, 2.45) is 5.10 Å². The number of hydrazone groups is 1. The quantitative estimate of drug-likeness (QED) is 0.470. The standard InChI is InChI=1S/C20H18FN5O4/c21-16-12-22-20(24-18(16)26-6-8-29-9-7-26)25-23-11-15-4-5-17(30-15)13-2-1-3-14(10-13)19(27)28/h1-5,10-12H,6-9H2,(H,27,28)(H,22,24,25). The van der Waals surface area contributed by atoms with E-state index in [0.717, 1.165) is 6.20 Å². The van der Waals surface area contributed by atoms with Gasteiger partial charge in [-0.2, -0.15) is 10.1 Å². The van der Waals surface area contributed by atoms with Crippen molar-refractivity contribution in [3.05, 3.63) is 59.7 Å².